The molecule has 4 aromatic rings. The van der Waals surface area contributed by atoms with Gasteiger partial charge in [-0.25, -0.2) is 9.78 Å². The summed E-state index contributed by atoms with van der Waals surface area (Å²) in [7, 11) is 0. The van der Waals surface area contributed by atoms with E-state index in [2.05, 4.69) is 67.5 Å². The SMILES string of the molecule is CC(C)n1c(=O)[nH]c2ccncc21.CC(C)n1c(Cl)nc2ccncc21.O=P(Cl)(Cl)Cl. The highest BCUT2D eigenvalue weighted by Crippen LogP contribution is 2.61. The predicted octanol–water partition coefficient (Wildman–Crippen LogP) is 6.78. The number of fused-ring (bicyclic) bond motifs is 2. The Morgan fingerprint density at radius 2 is 1.45 bits per heavy atom. The molecule has 0 aliphatic carbocycles. The molecule has 0 aliphatic rings. The molecule has 0 aliphatic heterocycles. The Balaban J connectivity index is 0.000000182. The molecule has 4 heterocycles. The lowest BCUT2D eigenvalue weighted by Crippen LogP contribution is -2.18. The van der Waals surface area contributed by atoms with Crippen molar-refractivity contribution >= 4 is 72.6 Å². The Labute approximate surface area is 198 Å². The molecule has 4 aromatic heterocycles. The third-order valence-corrected chi connectivity index (χ3v) is 4.27. The van der Waals surface area contributed by atoms with Crippen LogP contribution in [0, 0.1) is 0 Å². The zero-order chi connectivity index (χ0) is 23.3. The van der Waals surface area contributed by atoms with Crippen molar-refractivity contribution in [2.75, 3.05) is 0 Å². The van der Waals surface area contributed by atoms with Crippen LogP contribution >= 0.6 is 50.5 Å². The van der Waals surface area contributed by atoms with Gasteiger partial charge in [0, 0.05) is 24.5 Å². The molecule has 0 bridgehead atoms. The van der Waals surface area contributed by atoms with Crippen molar-refractivity contribution in [1.82, 2.24) is 29.1 Å². The third kappa shape index (κ3) is 7.22. The van der Waals surface area contributed by atoms with Gasteiger partial charge in [-0.3, -0.25) is 19.1 Å². The van der Waals surface area contributed by atoms with E-state index >= 15 is 0 Å². The van der Waals surface area contributed by atoms with Gasteiger partial charge in [-0.15, -0.1) is 0 Å². The quantitative estimate of drug-likeness (QED) is 0.291. The maximum Gasteiger partial charge on any atom is 0.339 e. The number of aromatic nitrogens is 6. The molecule has 0 unspecified atom stereocenters. The first-order valence-corrected chi connectivity index (χ1v) is 13.9. The Hall–Kier alpha value is -1.57. The van der Waals surface area contributed by atoms with Crippen molar-refractivity contribution in [3.05, 3.63) is 52.7 Å². The normalized spacial score (nSPS) is 11.4. The number of nitrogens with one attached hydrogen (secondary N) is 1. The largest absolute Gasteiger partial charge is 0.339 e. The van der Waals surface area contributed by atoms with Crippen LogP contribution < -0.4 is 5.69 Å². The van der Waals surface area contributed by atoms with Crippen molar-refractivity contribution < 1.29 is 4.57 Å². The van der Waals surface area contributed by atoms with Crippen molar-refractivity contribution in [1.29, 1.82) is 0 Å². The molecule has 0 saturated heterocycles. The van der Waals surface area contributed by atoms with Crippen LogP contribution in [0.15, 0.2) is 41.7 Å². The van der Waals surface area contributed by atoms with Gasteiger partial charge in [0.15, 0.2) is 0 Å². The molecule has 13 heteroatoms. The molecule has 0 saturated carbocycles. The van der Waals surface area contributed by atoms with E-state index in [1.165, 1.54) is 0 Å². The highest BCUT2D eigenvalue weighted by atomic mass is 36.0. The Morgan fingerprint density at radius 3 is 2.00 bits per heavy atom. The summed E-state index contributed by atoms with van der Waals surface area (Å²) in [5, 5.41) is -2.70. The van der Waals surface area contributed by atoms with E-state index in [1.807, 2.05) is 24.5 Å². The molecule has 0 aromatic carbocycles. The van der Waals surface area contributed by atoms with Crippen LogP contribution in [0.25, 0.3) is 22.1 Å². The Bertz CT molecular complexity index is 1250. The average Bonchev–Trinajstić information content (AvgIpc) is 3.15. The molecule has 8 nitrogen and oxygen atoms in total. The molecule has 0 spiro atoms. The number of rotatable bonds is 2. The molecule has 31 heavy (non-hydrogen) atoms. The molecule has 0 amide bonds. The second-order valence-electron chi connectivity index (χ2n) is 6.89. The number of pyridine rings is 2. The second-order valence-corrected chi connectivity index (χ2v) is 13.9. The summed E-state index contributed by atoms with van der Waals surface area (Å²) in [6, 6.07) is 4.13. The van der Waals surface area contributed by atoms with Crippen LogP contribution in [0.1, 0.15) is 39.8 Å². The Morgan fingerprint density at radius 1 is 0.935 bits per heavy atom. The molecule has 1 N–H and O–H groups in total. The number of nitrogens with zero attached hydrogens (tertiary/aromatic N) is 5. The van der Waals surface area contributed by atoms with E-state index in [1.54, 1.807) is 35.4 Å². The number of imidazole rings is 2. The fourth-order valence-corrected chi connectivity index (χ4v) is 3.26. The van der Waals surface area contributed by atoms with E-state index < -0.39 is 5.20 Å². The van der Waals surface area contributed by atoms with Gasteiger partial charge in [0.25, 0.3) is 0 Å². The fraction of sp³-hybridized carbons (Fsp3) is 0.333. The summed E-state index contributed by atoms with van der Waals surface area (Å²) in [5.74, 6) is 0. The first-order valence-electron chi connectivity index (χ1n) is 9.10. The standard InChI is InChI=1S/C9H10ClN3.C9H11N3O.Cl3OP/c1-6(2)13-8-5-11-4-3-7(8)12-9(13)10;1-6(2)12-8-5-10-4-3-7(8)11-9(12)13;1-5(2,3)4/h3-6H,1-2H3;3-6H,1-2H3,(H,11,13);. The minimum atomic E-state index is -3.22. The third-order valence-electron chi connectivity index (χ3n) is 4.00. The number of hydrogen-bond donors (Lipinski definition) is 1. The number of aromatic amines is 1. The number of H-pyrrole nitrogens is 1. The number of hydrogen-bond acceptors (Lipinski definition) is 5. The van der Waals surface area contributed by atoms with E-state index in [9.17, 15) is 9.36 Å². The lowest BCUT2D eigenvalue weighted by Gasteiger charge is -2.08. The molecule has 0 radical (unpaired) electrons. The zero-order valence-corrected chi connectivity index (χ0v) is 21.0. The highest BCUT2D eigenvalue weighted by Gasteiger charge is 2.10. The first-order chi connectivity index (χ1) is 14.4. The van der Waals surface area contributed by atoms with Crippen molar-refractivity contribution in [3.8, 4) is 0 Å². The van der Waals surface area contributed by atoms with Crippen LogP contribution in [-0.2, 0) is 4.57 Å². The van der Waals surface area contributed by atoms with Crippen molar-refractivity contribution in [2.24, 2.45) is 0 Å². The maximum atomic E-state index is 11.5. The van der Waals surface area contributed by atoms with Gasteiger partial charge in [-0.1, -0.05) is 0 Å². The topological polar surface area (TPSA) is 98.5 Å². The molecule has 168 valence electrons. The van der Waals surface area contributed by atoms with Crippen LogP contribution in [-0.4, -0.2) is 29.1 Å². The summed E-state index contributed by atoms with van der Waals surface area (Å²) in [6.07, 6.45) is 6.88. The summed E-state index contributed by atoms with van der Waals surface area (Å²) in [5.41, 5.74) is 3.52. The van der Waals surface area contributed by atoms with Gasteiger partial charge in [0.1, 0.15) is 0 Å². The molecule has 0 atom stereocenters. The second kappa shape index (κ2) is 10.8. The summed E-state index contributed by atoms with van der Waals surface area (Å²) >= 11 is 19.8. The smallest absolute Gasteiger partial charge is 0.311 e. The summed E-state index contributed by atoms with van der Waals surface area (Å²) in [6.45, 7) is 8.09. The van der Waals surface area contributed by atoms with Crippen molar-refractivity contribution in [2.45, 2.75) is 39.8 Å². The summed E-state index contributed by atoms with van der Waals surface area (Å²) < 4.78 is 13.2. The first kappa shape index (κ1) is 25.7. The lowest BCUT2D eigenvalue weighted by molar-refractivity contribution is 0.597. The van der Waals surface area contributed by atoms with Crippen molar-refractivity contribution in [3.63, 3.8) is 0 Å². The van der Waals surface area contributed by atoms with Crippen LogP contribution in [0.2, 0.25) is 5.28 Å². The van der Waals surface area contributed by atoms with E-state index in [0.29, 0.717) is 11.3 Å². The molecule has 0 fully saturated rings. The van der Waals surface area contributed by atoms with Gasteiger partial charge in [-0.2, -0.15) is 0 Å². The Kier molecular flexibility index (Phi) is 8.98. The van der Waals surface area contributed by atoms with Gasteiger partial charge in [0.2, 0.25) is 5.28 Å². The minimum absolute atomic E-state index is 0.0713. The van der Waals surface area contributed by atoms with Gasteiger partial charge >= 0.3 is 10.9 Å². The summed E-state index contributed by atoms with van der Waals surface area (Å²) in [4.78, 5) is 26.5. The zero-order valence-electron chi connectivity index (χ0n) is 17.1. The number of halogens is 4. The van der Waals surface area contributed by atoms with Gasteiger partial charge < -0.3 is 9.55 Å². The minimum Gasteiger partial charge on any atom is -0.311 e. The molecular formula is C18H21Cl4N6O2P. The lowest BCUT2D eigenvalue weighted by atomic mass is 10.3. The van der Waals surface area contributed by atoms with Gasteiger partial charge in [0.05, 0.1) is 34.5 Å². The van der Waals surface area contributed by atoms with Crippen LogP contribution in [0.4, 0.5) is 0 Å². The molecule has 4 rings (SSSR count). The fourth-order valence-electron chi connectivity index (χ4n) is 2.88. The van der Waals surface area contributed by atoms with Crippen LogP contribution in [0.5, 0.6) is 0 Å². The maximum absolute atomic E-state index is 11.5. The van der Waals surface area contributed by atoms with E-state index in [-0.39, 0.29) is 11.7 Å². The van der Waals surface area contributed by atoms with Crippen LogP contribution in [0.3, 0.4) is 0 Å². The van der Waals surface area contributed by atoms with E-state index in [4.69, 9.17) is 11.6 Å². The monoisotopic (exact) mass is 524 g/mol. The molecular weight excluding hydrogens is 505 g/mol. The average molecular weight is 526 g/mol. The highest BCUT2D eigenvalue weighted by molar-refractivity contribution is 8.24. The predicted molar refractivity (Wildman–Crippen MR) is 129 cm³/mol. The van der Waals surface area contributed by atoms with E-state index in [0.717, 1.165) is 22.1 Å². The van der Waals surface area contributed by atoms with Gasteiger partial charge in [-0.05, 0) is 85.2 Å².